The molecule has 1 aliphatic carbocycles. The van der Waals surface area contributed by atoms with Crippen LogP contribution in [0.25, 0.3) is 0 Å². The summed E-state index contributed by atoms with van der Waals surface area (Å²) in [7, 11) is -3.62. The molecule has 0 radical (unpaired) electrons. The summed E-state index contributed by atoms with van der Waals surface area (Å²) in [5, 5.41) is 0.395. The van der Waals surface area contributed by atoms with Crippen molar-refractivity contribution in [3.63, 3.8) is 0 Å². The molecule has 0 aromatic heterocycles. The molecule has 6 heteroatoms. The van der Waals surface area contributed by atoms with E-state index in [1.54, 1.807) is 22.5 Å². The normalized spacial score (nSPS) is 31.4. The lowest BCUT2D eigenvalue weighted by Gasteiger charge is -2.39. The Labute approximate surface area is 142 Å². The van der Waals surface area contributed by atoms with Gasteiger partial charge in [0.15, 0.2) is 0 Å². The van der Waals surface area contributed by atoms with Crippen LogP contribution in [0, 0.1) is 10.8 Å². The van der Waals surface area contributed by atoms with Crippen LogP contribution < -0.4 is 0 Å². The average molecular weight is 362 g/mol. The Morgan fingerprint density at radius 3 is 2.55 bits per heavy atom. The standard InChI is InChI=1S/C16H21Cl2NO2S/c1-15(2)7-11-8-16(3,9-15)10-19(11)22(20,21)13-6-4-5-12(17)14(13)18/h4-6,11H,7-10H2,1-3H3/t11-,16-/m1/s1. The van der Waals surface area contributed by atoms with Gasteiger partial charge in [0.1, 0.15) is 4.90 Å². The van der Waals surface area contributed by atoms with Crippen LogP contribution in [-0.4, -0.2) is 25.3 Å². The number of benzene rings is 1. The molecule has 122 valence electrons. The van der Waals surface area contributed by atoms with Gasteiger partial charge in [-0.3, -0.25) is 0 Å². The summed E-state index contributed by atoms with van der Waals surface area (Å²) < 4.78 is 27.8. The highest BCUT2D eigenvalue weighted by Gasteiger charge is 2.53. The SMILES string of the molecule is CC1(C)C[C@@H]2C[C@@](C)(CN2S(=O)(=O)c2cccc(Cl)c2Cl)C1. The number of hydrogen-bond acceptors (Lipinski definition) is 2. The van der Waals surface area contributed by atoms with Crippen LogP contribution in [0.2, 0.25) is 10.0 Å². The highest BCUT2D eigenvalue weighted by atomic mass is 35.5. The quantitative estimate of drug-likeness (QED) is 0.772. The summed E-state index contributed by atoms with van der Waals surface area (Å²) in [5.41, 5.74) is 0.213. The van der Waals surface area contributed by atoms with E-state index in [0.29, 0.717) is 6.54 Å². The molecule has 1 saturated heterocycles. The van der Waals surface area contributed by atoms with Gasteiger partial charge in [-0.15, -0.1) is 0 Å². The van der Waals surface area contributed by atoms with Crippen molar-refractivity contribution < 1.29 is 8.42 Å². The smallest absolute Gasteiger partial charge is 0.207 e. The monoisotopic (exact) mass is 361 g/mol. The molecule has 2 aliphatic rings. The van der Waals surface area contributed by atoms with Gasteiger partial charge in [-0.2, -0.15) is 4.31 Å². The maximum absolute atomic E-state index is 13.1. The molecule has 3 rings (SSSR count). The largest absolute Gasteiger partial charge is 0.244 e. The topological polar surface area (TPSA) is 37.4 Å². The van der Waals surface area contributed by atoms with Crippen molar-refractivity contribution in [1.29, 1.82) is 0 Å². The summed E-state index contributed by atoms with van der Waals surface area (Å²) in [6.45, 7) is 7.20. The van der Waals surface area contributed by atoms with E-state index >= 15 is 0 Å². The van der Waals surface area contributed by atoms with Crippen LogP contribution in [0.3, 0.4) is 0 Å². The highest BCUT2D eigenvalue weighted by Crippen LogP contribution is 2.54. The Kier molecular flexibility index (Phi) is 3.84. The Hall–Kier alpha value is -0.290. The molecule has 2 atom stereocenters. The second-order valence-electron chi connectivity index (χ2n) is 7.82. The molecule has 0 N–H and O–H groups in total. The van der Waals surface area contributed by atoms with E-state index in [1.165, 1.54) is 0 Å². The predicted molar refractivity (Wildman–Crippen MR) is 89.9 cm³/mol. The first-order valence-corrected chi connectivity index (χ1v) is 9.70. The third-order valence-electron chi connectivity index (χ3n) is 4.87. The maximum Gasteiger partial charge on any atom is 0.244 e. The molecule has 0 amide bonds. The average Bonchev–Trinajstić information content (AvgIpc) is 2.62. The highest BCUT2D eigenvalue weighted by molar-refractivity contribution is 7.89. The lowest BCUT2D eigenvalue weighted by molar-refractivity contribution is 0.133. The number of sulfonamides is 1. The molecular formula is C16H21Cl2NO2S. The van der Waals surface area contributed by atoms with Gasteiger partial charge in [-0.25, -0.2) is 8.42 Å². The maximum atomic E-state index is 13.1. The van der Waals surface area contributed by atoms with Crippen LogP contribution in [0.5, 0.6) is 0 Å². The van der Waals surface area contributed by atoms with Gasteiger partial charge in [-0.1, -0.05) is 50.0 Å². The summed E-state index contributed by atoms with van der Waals surface area (Å²) in [4.78, 5) is 0.121. The van der Waals surface area contributed by atoms with E-state index in [9.17, 15) is 8.42 Å². The lowest BCUT2D eigenvalue weighted by Crippen LogP contribution is -2.37. The molecule has 0 unspecified atom stereocenters. The molecule has 22 heavy (non-hydrogen) atoms. The third kappa shape index (κ3) is 2.68. The summed E-state index contributed by atoms with van der Waals surface area (Å²) >= 11 is 12.1. The zero-order valence-electron chi connectivity index (χ0n) is 13.1. The summed E-state index contributed by atoms with van der Waals surface area (Å²) in [6.07, 6.45) is 2.86. The number of fused-ring (bicyclic) bond motifs is 2. The van der Waals surface area contributed by atoms with E-state index in [4.69, 9.17) is 23.2 Å². The Morgan fingerprint density at radius 1 is 1.18 bits per heavy atom. The third-order valence-corrected chi connectivity index (χ3v) is 7.74. The van der Waals surface area contributed by atoms with Crippen molar-refractivity contribution in [2.24, 2.45) is 10.8 Å². The molecule has 0 spiro atoms. The molecule has 3 nitrogen and oxygen atoms in total. The number of hydrogen-bond donors (Lipinski definition) is 0. The van der Waals surface area contributed by atoms with Crippen LogP contribution in [0.4, 0.5) is 0 Å². The Bertz CT molecular complexity index is 717. The van der Waals surface area contributed by atoms with Gasteiger partial charge in [0.25, 0.3) is 0 Å². The van der Waals surface area contributed by atoms with Crippen LogP contribution in [0.15, 0.2) is 23.1 Å². The van der Waals surface area contributed by atoms with Gasteiger partial charge >= 0.3 is 0 Å². The predicted octanol–water partition coefficient (Wildman–Crippen LogP) is 4.58. The van der Waals surface area contributed by atoms with E-state index < -0.39 is 10.0 Å². The van der Waals surface area contributed by atoms with Crippen LogP contribution in [-0.2, 0) is 10.0 Å². The number of halogens is 2. The number of nitrogens with zero attached hydrogens (tertiary/aromatic N) is 1. The van der Waals surface area contributed by atoms with Crippen molar-refractivity contribution in [2.75, 3.05) is 6.54 Å². The second kappa shape index (κ2) is 5.10. The molecule has 2 fully saturated rings. The van der Waals surface area contributed by atoms with Crippen LogP contribution >= 0.6 is 23.2 Å². The minimum absolute atomic E-state index is 0.0462. The minimum Gasteiger partial charge on any atom is -0.207 e. The summed E-state index contributed by atoms with van der Waals surface area (Å²) in [6, 6.07) is 4.83. The van der Waals surface area contributed by atoms with Gasteiger partial charge in [-0.05, 0) is 42.2 Å². The molecule has 1 saturated carbocycles. The Balaban J connectivity index is 2.03. The fraction of sp³-hybridized carbons (Fsp3) is 0.625. The van der Waals surface area contributed by atoms with Crippen molar-refractivity contribution in [2.45, 2.75) is 51.0 Å². The van der Waals surface area contributed by atoms with Crippen LogP contribution in [0.1, 0.15) is 40.0 Å². The fourth-order valence-corrected chi connectivity index (χ4v) is 7.01. The Morgan fingerprint density at radius 2 is 1.86 bits per heavy atom. The van der Waals surface area contributed by atoms with Crippen molar-refractivity contribution >= 4 is 33.2 Å². The lowest BCUT2D eigenvalue weighted by atomic mass is 9.65. The van der Waals surface area contributed by atoms with Gasteiger partial charge in [0.05, 0.1) is 10.0 Å². The molecule has 1 aromatic rings. The van der Waals surface area contributed by atoms with Gasteiger partial charge in [0.2, 0.25) is 10.0 Å². The van der Waals surface area contributed by atoms with E-state index in [0.717, 1.165) is 19.3 Å². The number of rotatable bonds is 2. The molecule has 2 bridgehead atoms. The molecular weight excluding hydrogens is 341 g/mol. The fourth-order valence-electron chi connectivity index (χ4n) is 4.50. The first-order chi connectivity index (χ1) is 10.0. The second-order valence-corrected chi connectivity index (χ2v) is 10.5. The van der Waals surface area contributed by atoms with E-state index in [1.807, 2.05) is 0 Å². The van der Waals surface area contributed by atoms with Crippen molar-refractivity contribution in [3.05, 3.63) is 28.2 Å². The van der Waals surface area contributed by atoms with Crippen molar-refractivity contribution in [1.82, 2.24) is 4.31 Å². The first kappa shape index (κ1) is 16.6. The zero-order valence-corrected chi connectivity index (χ0v) is 15.4. The van der Waals surface area contributed by atoms with E-state index in [-0.39, 0.29) is 31.8 Å². The molecule has 1 heterocycles. The molecule has 1 aromatic carbocycles. The van der Waals surface area contributed by atoms with Gasteiger partial charge < -0.3 is 0 Å². The molecule has 1 aliphatic heterocycles. The van der Waals surface area contributed by atoms with Crippen molar-refractivity contribution in [3.8, 4) is 0 Å². The van der Waals surface area contributed by atoms with E-state index in [2.05, 4.69) is 20.8 Å². The van der Waals surface area contributed by atoms with Gasteiger partial charge in [0, 0.05) is 12.6 Å². The first-order valence-electron chi connectivity index (χ1n) is 7.50. The minimum atomic E-state index is -3.62. The zero-order chi connectivity index (χ0) is 16.3. The summed E-state index contributed by atoms with van der Waals surface area (Å²) in [5.74, 6) is 0.